The highest BCUT2D eigenvalue weighted by Crippen LogP contribution is 3.31. The van der Waals surface area contributed by atoms with Crippen LogP contribution in [0.25, 0.3) is 0 Å². The molecule has 8 saturated carbocycles. The summed E-state index contributed by atoms with van der Waals surface area (Å²) < 4.78 is 0. The molecule has 0 saturated heterocycles. The van der Waals surface area contributed by atoms with E-state index in [0.717, 1.165) is 10.8 Å². The molecule has 0 unspecified atom stereocenters. The summed E-state index contributed by atoms with van der Waals surface area (Å²) in [5, 5.41) is 0. The van der Waals surface area contributed by atoms with E-state index in [-0.39, 0.29) is 0 Å². The summed E-state index contributed by atoms with van der Waals surface area (Å²) in [5.41, 5.74) is 2.32. The Hall–Kier alpha value is 0. The molecule has 0 N–H and O–H groups in total. The third-order valence-electron chi connectivity index (χ3n) is 5.44. The predicted molar refractivity (Wildman–Crippen MR) is 25.8 cm³/mol. The Bertz CT molecular complexity index is 205. The lowest BCUT2D eigenvalue weighted by Gasteiger charge is -1.81. The van der Waals surface area contributed by atoms with Crippen LogP contribution in [0.1, 0.15) is 0 Å². The molecule has 0 aromatic carbocycles. The summed E-state index contributed by atoms with van der Waals surface area (Å²) in [6.07, 6.45) is 0. The Morgan fingerprint density at radius 1 is 0.500 bits per heavy atom. The SMILES string of the molecule is C12C3C1C23C12C3C1C32. The summed E-state index contributed by atoms with van der Waals surface area (Å²) in [7, 11) is 0. The lowest BCUT2D eigenvalue weighted by Crippen LogP contribution is -1.79. The maximum absolute atomic E-state index is 1.36. The lowest BCUT2D eigenvalue weighted by molar-refractivity contribution is 0.643. The average Bonchev–Trinajstić information content (AvgIpc) is 2.34. The molecule has 0 aliphatic heterocycles. The Labute approximate surface area is 47.3 Å². The summed E-state index contributed by atoms with van der Waals surface area (Å²) in [6, 6.07) is 0. The van der Waals surface area contributed by atoms with E-state index in [1.165, 1.54) is 35.5 Å². The molecule has 0 spiro atoms. The van der Waals surface area contributed by atoms with Gasteiger partial charge in [0.25, 0.3) is 0 Å². The minimum atomic E-state index is 1.16. The van der Waals surface area contributed by atoms with E-state index in [4.69, 9.17) is 0 Å². The van der Waals surface area contributed by atoms with Crippen molar-refractivity contribution in [2.24, 2.45) is 46.3 Å². The van der Waals surface area contributed by atoms with Crippen molar-refractivity contribution in [2.75, 3.05) is 0 Å². The van der Waals surface area contributed by atoms with Gasteiger partial charge in [0.1, 0.15) is 0 Å². The van der Waals surface area contributed by atoms with Crippen molar-refractivity contribution in [3.63, 3.8) is 0 Å². The van der Waals surface area contributed by atoms with Gasteiger partial charge in [-0.25, -0.2) is 0 Å². The summed E-state index contributed by atoms with van der Waals surface area (Å²) >= 11 is 0. The van der Waals surface area contributed by atoms with E-state index >= 15 is 0 Å². The molecule has 0 atom stereocenters. The Kier molecular flexibility index (Phi) is 0.0812. The van der Waals surface area contributed by atoms with E-state index in [1.54, 1.807) is 0 Å². The zero-order valence-corrected chi connectivity index (χ0v) is 4.46. The average molecular weight is 102 g/mol. The van der Waals surface area contributed by atoms with Crippen molar-refractivity contribution in [1.29, 1.82) is 0 Å². The van der Waals surface area contributed by atoms with Crippen molar-refractivity contribution in [1.82, 2.24) is 0 Å². The molecule has 38 valence electrons. The van der Waals surface area contributed by atoms with Crippen LogP contribution in [0, 0.1) is 46.3 Å². The second-order valence-electron chi connectivity index (χ2n) is 5.02. The van der Waals surface area contributed by atoms with Crippen molar-refractivity contribution >= 4 is 0 Å². The largest absolute Gasteiger partial charge is 0.0272 e. The van der Waals surface area contributed by atoms with Crippen LogP contribution in [0.2, 0.25) is 0 Å². The van der Waals surface area contributed by atoms with Crippen LogP contribution >= 0.6 is 0 Å². The third kappa shape index (κ3) is 0.0534. The van der Waals surface area contributed by atoms with Gasteiger partial charge in [-0.05, 0) is 46.3 Å². The van der Waals surface area contributed by atoms with Gasteiger partial charge < -0.3 is 0 Å². The smallest absolute Gasteiger partial charge is 0.0130 e. The van der Waals surface area contributed by atoms with Crippen LogP contribution in [-0.4, -0.2) is 0 Å². The fourth-order valence-electron chi connectivity index (χ4n) is 4.43. The second kappa shape index (κ2) is 0.280. The molecule has 8 aliphatic carbocycles. The molecule has 0 radical (unpaired) electrons. The molecular weight excluding hydrogens is 96.1 g/mol. The first-order valence-corrected chi connectivity index (χ1v) is 3.98. The number of hydrogen-bond donors (Lipinski definition) is 0. The van der Waals surface area contributed by atoms with Crippen LogP contribution in [0.5, 0.6) is 0 Å². The number of rotatable bonds is 1. The molecule has 0 amide bonds. The zero-order valence-electron chi connectivity index (χ0n) is 4.46. The third-order valence-corrected chi connectivity index (χ3v) is 5.44. The molecule has 8 rings (SSSR count). The van der Waals surface area contributed by atoms with Crippen LogP contribution in [0.4, 0.5) is 0 Å². The van der Waals surface area contributed by atoms with Gasteiger partial charge in [-0.1, -0.05) is 0 Å². The predicted octanol–water partition coefficient (Wildman–Crippen LogP) is 0.738. The molecule has 8 aliphatic rings. The minimum absolute atomic E-state index is 1.16. The normalized spacial score (nSPS) is 129. The Balaban J connectivity index is 1.92. The van der Waals surface area contributed by atoms with Gasteiger partial charge in [-0.2, -0.15) is 0 Å². The Morgan fingerprint density at radius 3 is 0.875 bits per heavy atom. The molecule has 0 heteroatoms. The summed E-state index contributed by atoms with van der Waals surface area (Å²) in [5.74, 6) is 8.18. The molecule has 8 fully saturated rings. The van der Waals surface area contributed by atoms with Crippen LogP contribution in [0.3, 0.4) is 0 Å². The Morgan fingerprint density at radius 2 is 0.750 bits per heavy atom. The molecule has 8 heavy (non-hydrogen) atoms. The van der Waals surface area contributed by atoms with Crippen LogP contribution in [0.15, 0.2) is 0 Å². The van der Waals surface area contributed by atoms with Crippen LogP contribution in [-0.2, 0) is 0 Å². The zero-order chi connectivity index (χ0) is 4.46. The van der Waals surface area contributed by atoms with Gasteiger partial charge in [0, 0.05) is 0 Å². The van der Waals surface area contributed by atoms with E-state index in [9.17, 15) is 0 Å². The van der Waals surface area contributed by atoms with Gasteiger partial charge in [-0.15, -0.1) is 0 Å². The first kappa shape index (κ1) is 2.32. The van der Waals surface area contributed by atoms with Gasteiger partial charge in [0.05, 0.1) is 0 Å². The van der Waals surface area contributed by atoms with Gasteiger partial charge in [0.15, 0.2) is 0 Å². The lowest BCUT2D eigenvalue weighted by atomic mass is 10.2. The minimum Gasteiger partial charge on any atom is -0.0272 e. The monoisotopic (exact) mass is 102 g/mol. The van der Waals surface area contributed by atoms with E-state index in [1.807, 2.05) is 0 Å². The summed E-state index contributed by atoms with van der Waals surface area (Å²) in [4.78, 5) is 0. The molecule has 0 bridgehead atoms. The van der Waals surface area contributed by atoms with Crippen LogP contribution < -0.4 is 0 Å². The highest BCUT2D eigenvalue weighted by Gasteiger charge is 3.28. The van der Waals surface area contributed by atoms with Crippen molar-refractivity contribution in [3.8, 4) is 0 Å². The van der Waals surface area contributed by atoms with Gasteiger partial charge >= 0.3 is 0 Å². The molecular formula is C8H6. The fraction of sp³-hybridized carbons (Fsp3) is 1.00. The standard InChI is InChI=1S/C8H6/c1-2-3(1)7(1,2)8-4-5(8)6(4)8/h1-6H. The molecule has 0 heterocycles. The van der Waals surface area contributed by atoms with Crippen molar-refractivity contribution < 1.29 is 0 Å². The maximum Gasteiger partial charge on any atom is -0.0130 e. The fourth-order valence-corrected chi connectivity index (χ4v) is 4.43. The molecule has 0 aromatic rings. The van der Waals surface area contributed by atoms with E-state index in [0.29, 0.717) is 0 Å². The highest BCUT2D eigenvalue weighted by molar-refractivity contribution is 5.74. The molecule has 0 aromatic heterocycles. The quantitative estimate of drug-likeness (QED) is 0.458. The van der Waals surface area contributed by atoms with E-state index < -0.39 is 0 Å². The first-order chi connectivity index (χ1) is 3.98. The maximum atomic E-state index is 1.36. The second-order valence-corrected chi connectivity index (χ2v) is 5.02. The number of hydrogen-bond acceptors (Lipinski definition) is 0. The van der Waals surface area contributed by atoms with Crippen molar-refractivity contribution in [3.05, 3.63) is 0 Å². The van der Waals surface area contributed by atoms with E-state index in [2.05, 4.69) is 0 Å². The van der Waals surface area contributed by atoms with Gasteiger partial charge in [0.2, 0.25) is 0 Å². The van der Waals surface area contributed by atoms with Gasteiger partial charge in [-0.3, -0.25) is 0 Å². The topological polar surface area (TPSA) is 0 Å². The summed E-state index contributed by atoms with van der Waals surface area (Å²) in [6.45, 7) is 0. The molecule has 0 nitrogen and oxygen atoms in total. The first-order valence-electron chi connectivity index (χ1n) is 3.98. The highest BCUT2D eigenvalue weighted by atomic mass is 15.3. The van der Waals surface area contributed by atoms with Crippen molar-refractivity contribution in [2.45, 2.75) is 0 Å².